The van der Waals surface area contributed by atoms with Crippen molar-refractivity contribution in [1.29, 1.82) is 0 Å². The molecule has 86 valence electrons. The van der Waals surface area contributed by atoms with Gasteiger partial charge in [0.1, 0.15) is 5.75 Å². The molecule has 0 fully saturated rings. The Labute approximate surface area is 98.3 Å². The first-order valence-corrected chi connectivity index (χ1v) is 5.93. The Hall–Kier alpha value is -1.33. The highest BCUT2D eigenvalue weighted by molar-refractivity contribution is 7.13. The second-order valence-electron chi connectivity index (χ2n) is 3.32. The molecule has 0 atom stereocenters. The van der Waals surface area contributed by atoms with Crippen LogP contribution >= 0.6 is 11.3 Å². The van der Waals surface area contributed by atoms with E-state index < -0.39 is 0 Å². The number of hydrogen-bond acceptors (Lipinski definition) is 5. The normalized spacial score (nSPS) is 10.6. The Morgan fingerprint density at radius 2 is 2.44 bits per heavy atom. The van der Waals surface area contributed by atoms with Gasteiger partial charge in [0, 0.05) is 24.4 Å². The first kappa shape index (κ1) is 11.2. The number of nitrogens with one attached hydrogen (secondary N) is 1. The zero-order valence-electron chi connectivity index (χ0n) is 9.32. The van der Waals surface area contributed by atoms with Gasteiger partial charge in [-0.3, -0.25) is 0 Å². The van der Waals surface area contributed by atoms with Gasteiger partial charge in [0.25, 0.3) is 0 Å². The molecule has 0 spiro atoms. The predicted octanol–water partition coefficient (Wildman–Crippen LogP) is 2.17. The lowest BCUT2D eigenvalue weighted by Gasteiger charge is -1.93. The summed E-state index contributed by atoms with van der Waals surface area (Å²) in [6.07, 6.45) is 2.56. The molecule has 0 amide bonds. The lowest BCUT2D eigenvalue weighted by molar-refractivity contribution is 0.416. The third kappa shape index (κ3) is 2.43. The molecule has 16 heavy (non-hydrogen) atoms. The summed E-state index contributed by atoms with van der Waals surface area (Å²) in [5, 5.41) is 5.01. The number of likely N-dealkylation sites (N-methyl/N-ethyl adjacent to an activating group) is 1. The molecule has 2 rings (SSSR count). The maximum Gasteiger partial charge on any atom is 0.196 e. The fourth-order valence-corrected chi connectivity index (χ4v) is 2.13. The SMILES string of the molecule is CNCCc1ncc(-c2cc(OC)cs2)o1. The molecule has 0 aliphatic rings. The minimum absolute atomic E-state index is 0.761. The molecule has 0 saturated carbocycles. The maximum absolute atomic E-state index is 5.63. The van der Waals surface area contributed by atoms with Gasteiger partial charge < -0.3 is 14.5 Å². The highest BCUT2D eigenvalue weighted by atomic mass is 32.1. The lowest BCUT2D eigenvalue weighted by atomic mass is 10.4. The number of hydrogen-bond donors (Lipinski definition) is 1. The molecule has 5 heteroatoms. The van der Waals surface area contributed by atoms with Gasteiger partial charge in [-0.15, -0.1) is 11.3 Å². The number of methoxy groups -OCH3 is 1. The van der Waals surface area contributed by atoms with Gasteiger partial charge in [0.2, 0.25) is 0 Å². The Balaban J connectivity index is 2.11. The standard InChI is InChI=1S/C11H14N2O2S/c1-12-4-3-11-13-6-9(15-11)10-5-8(14-2)7-16-10/h5-7,12H,3-4H2,1-2H3. The second kappa shape index (κ2) is 5.14. The fourth-order valence-electron chi connectivity index (χ4n) is 1.33. The summed E-state index contributed by atoms with van der Waals surface area (Å²) in [4.78, 5) is 5.27. The lowest BCUT2D eigenvalue weighted by Crippen LogP contribution is -2.10. The van der Waals surface area contributed by atoms with Crippen LogP contribution in [0.3, 0.4) is 0 Å². The predicted molar refractivity (Wildman–Crippen MR) is 64.0 cm³/mol. The molecule has 4 nitrogen and oxygen atoms in total. The van der Waals surface area contributed by atoms with Crippen molar-refractivity contribution >= 4 is 11.3 Å². The van der Waals surface area contributed by atoms with Crippen LogP contribution in [0, 0.1) is 0 Å². The molecule has 0 radical (unpaired) electrons. The number of nitrogens with zero attached hydrogens (tertiary/aromatic N) is 1. The van der Waals surface area contributed by atoms with E-state index in [1.54, 1.807) is 24.6 Å². The third-order valence-electron chi connectivity index (χ3n) is 2.20. The van der Waals surface area contributed by atoms with Crippen LogP contribution in [0.2, 0.25) is 0 Å². The largest absolute Gasteiger partial charge is 0.496 e. The van der Waals surface area contributed by atoms with E-state index >= 15 is 0 Å². The molecule has 2 aromatic heterocycles. The third-order valence-corrected chi connectivity index (χ3v) is 3.12. The molecule has 0 aromatic carbocycles. The smallest absolute Gasteiger partial charge is 0.196 e. The van der Waals surface area contributed by atoms with Crippen molar-refractivity contribution in [2.75, 3.05) is 20.7 Å². The van der Waals surface area contributed by atoms with Crippen molar-refractivity contribution < 1.29 is 9.15 Å². The highest BCUT2D eigenvalue weighted by Crippen LogP contribution is 2.31. The van der Waals surface area contributed by atoms with Crippen LogP contribution in [0.1, 0.15) is 5.89 Å². The molecular weight excluding hydrogens is 224 g/mol. The van der Waals surface area contributed by atoms with Gasteiger partial charge >= 0.3 is 0 Å². The van der Waals surface area contributed by atoms with Crippen molar-refractivity contribution in [3.8, 4) is 16.4 Å². The Morgan fingerprint density at radius 3 is 3.12 bits per heavy atom. The zero-order valence-corrected chi connectivity index (χ0v) is 10.1. The molecule has 0 aliphatic heterocycles. The van der Waals surface area contributed by atoms with Gasteiger partial charge in [-0.1, -0.05) is 0 Å². The molecule has 0 aliphatic carbocycles. The van der Waals surface area contributed by atoms with Crippen molar-refractivity contribution in [2.45, 2.75) is 6.42 Å². The minimum atomic E-state index is 0.761. The van der Waals surface area contributed by atoms with E-state index in [-0.39, 0.29) is 0 Å². The summed E-state index contributed by atoms with van der Waals surface area (Å²) >= 11 is 1.59. The number of rotatable bonds is 5. The van der Waals surface area contributed by atoms with Crippen LogP contribution in [-0.2, 0) is 6.42 Å². The number of aromatic nitrogens is 1. The summed E-state index contributed by atoms with van der Waals surface area (Å²) in [6, 6.07) is 1.95. The monoisotopic (exact) mass is 238 g/mol. The molecular formula is C11H14N2O2S. The topological polar surface area (TPSA) is 47.3 Å². The Morgan fingerprint density at radius 1 is 1.56 bits per heavy atom. The molecule has 2 heterocycles. The van der Waals surface area contributed by atoms with E-state index in [2.05, 4.69) is 10.3 Å². The van der Waals surface area contributed by atoms with Crippen LogP contribution in [0.5, 0.6) is 5.75 Å². The summed E-state index contributed by atoms with van der Waals surface area (Å²) in [5.41, 5.74) is 0. The number of ether oxygens (including phenoxy) is 1. The van der Waals surface area contributed by atoms with Gasteiger partial charge in [-0.25, -0.2) is 4.98 Å². The zero-order chi connectivity index (χ0) is 11.4. The quantitative estimate of drug-likeness (QED) is 0.867. The van der Waals surface area contributed by atoms with E-state index in [0.717, 1.165) is 35.2 Å². The van der Waals surface area contributed by atoms with Crippen molar-refractivity contribution in [3.05, 3.63) is 23.5 Å². The molecule has 0 unspecified atom stereocenters. The Kier molecular flexibility index (Phi) is 3.58. The van der Waals surface area contributed by atoms with E-state index in [0.29, 0.717) is 0 Å². The number of oxazole rings is 1. The van der Waals surface area contributed by atoms with Crippen molar-refractivity contribution in [3.63, 3.8) is 0 Å². The average molecular weight is 238 g/mol. The van der Waals surface area contributed by atoms with Gasteiger partial charge in [0.15, 0.2) is 11.7 Å². The fraction of sp³-hybridized carbons (Fsp3) is 0.364. The van der Waals surface area contributed by atoms with Gasteiger partial charge in [0.05, 0.1) is 18.2 Å². The van der Waals surface area contributed by atoms with Crippen molar-refractivity contribution in [1.82, 2.24) is 10.3 Å². The first-order valence-electron chi connectivity index (χ1n) is 5.05. The van der Waals surface area contributed by atoms with Crippen molar-refractivity contribution in [2.24, 2.45) is 0 Å². The summed E-state index contributed by atoms with van der Waals surface area (Å²) in [7, 11) is 3.57. The van der Waals surface area contributed by atoms with Crippen LogP contribution < -0.4 is 10.1 Å². The maximum atomic E-state index is 5.63. The molecule has 0 bridgehead atoms. The summed E-state index contributed by atoms with van der Waals surface area (Å²) in [6.45, 7) is 0.869. The van der Waals surface area contributed by atoms with Crippen LogP contribution in [0.25, 0.3) is 10.6 Å². The minimum Gasteiger partial charge on any atom is -0.496 e. The van der Waals surface area contributed by atoms with Crippen LogP contribution in [0.15, 0.2) is 22.1 Å². The summed E-state index contributed by atoms with van der Waals surface area (Å²) in [5.74, 6) is 2.42. The van der Waals surface area contributed by atoms with Gasteiger partial charge in [-0.2, -0.15) is 0 Å². The number of thiophene rings is 1. The average Bonchev–Trinajstić information content (AvgIpc) is 2.94. The van der Waals surface area contributed by atoms with Crippen LogP contribution in [-0.4, -0.2) is 25.7 Å². The Bertz CT molecular complexity index is 450. The second-order valence-corrected chi connectivity index (χ2v) is 4.23. The molecule has 0 saturated heterocycles. The summed E-state index contributed by atoms with van der Waals surface area (Å²) < 4.78 is 10.8. The van der Waals surface area contributed by atoms with E-state index in [4.69, 9.17) is 9.15 Å². The van der Waals surface area contributed by atoms with E-state index in [1.807, 2.05) is 18.5 Å². The van der Waals surface area contributed by atoms with E-state index in [1.165, 1.54) is 0 Å². The molecule has 2 aromatic rings. The molecule has 1 N–H and O–H groups in total. The van der Waals surface area contributed by atoms with Gasteiger partial charge in [-0.05, 0) is 7.05 Å². The van der Waals surface area contributed by atoms with Crippen LogP contribution in [0.4, 0.5) is 0 Å². The van der Waals surface area contributed by atoms with E-state index in [9.17, 15) is 0 Å². The first-order chi connectivity index (χ1) is 7.83. The highest BCUT2D eigenvalue weighted by Gasteiger charge is 2.08.